The van der Waals surface area contributed by atoms with Gasteiger partial charge in [0.2, 0.25) is 0 Å². The molecule has 2 rings (SSSR count). The van der Waals surface area contributed by atoms with Gasteiger partial charge in [0.25, 0.3) is 0 Å². The molecule has 1 aliphatic carbocycles. The van der Waals surface area contributed by atoms with Crippen LogP contribution in [0.25, 0.3) is 0 Å². The summed E-state index contributed by atoms with van der Waals surface area (Å²) in [5.74, 6) is 0. The number of nitrogens with zero attached hydrogens (tertiary/aromatic N) is 2. The fraction of sp³-hybridized carbons (Fsp3) is 0.769. The van der Waals surface area contributed by atoms with E-state index in [4.69, 9.17) is 0 Å². The second kappa shape index (κ2) is 4.58. The van der Waals surface area contributed by atoms with Crippen LogP contribution in [0, 0.1) is 5.41 Å². The Morgan fingerprint density at radius 2 is 2.31 bits per heavy atom. The van der Waals surface area contributed by atoms with Crippen LogP contribution in [0.3, 0.4) is 0 Å². The Morgan fingerprint density at radius 1 is 1.56 bits per heavy atom. The Bertz CT molecular complexity index is 341. The summed E-state index contributed by atoms with van der Waals surface area (Å²) in [6, 6.07) is 0.805. The summed E-state index contributed by atoms with van der Waals surface area (Å²) >= 11 is 0. The largest absolute Gasteiger partial charge is 0.313 e. The highest BCUT2D eigenvalue weighted by Crippen LogP contribution is 2.27. The molecule has 1 aliphatic rings. The van der Waals surface area contributed by atoms with Gasteiger partial charge in [-0.25, -0.2) is 0 Å². The maximum absolute atomic E-state index is 4.24. The molecular weight excluding hydrogens is 198 g/mol. The summed E-state index contributed by atoms with van der Waals surface area (Å²) in [6.07, 6.45) is 9.19. The SMILES string of the molecule is CCC(C)(CNC1CC1)Cc1cnn(C)c1. The molecule has 1 aromatic rings. The molecule has 1 fully saturated rings. The molecule has 0 bridgehead atoms. The highest BCUT2D eigenvalue weighted by atomic mass is 15.2. The van der Waals surface area contributed by atoms with E-state index in [1.165, 1.54) is 24.8 Å². The minimum atomic E-state index is 0.367. The van der Waals surface area contributed by atoms with Gasteiger partial charge in [0.05, 0.1) is 6.20 Å². The van der Waals surface area contributed by atoms with Crippen molar-refractivity contribution in [3.8, 4) is 0 Å². The van der Waals surface area contributed by atoms with Crippen LogP contribution in [0.2, 0.25) is 0 Å². The van der Waals surface area contributed by atoms with E-state index in [2.05, 4.69) is 30.5 Å². The van der Waals surface area contributed by atoms with E-state index in [1.807, 2.05) is 17.9 Å². The van der Waals surface area contributed by atoms with Crippen LogP contribution in [-0.2, 0) is 13.5 Å². The number of rotatable bonds is 6. The molecule has 0 amide bonds. The van der Waals surface area contributed by atoms with Crippen molar-refractivity contribution in [1.29, 1.82) is 0 Å². The Kier molecular flexibility index (Phi) is 3.33. The van der Waals surface area contributed by atoms with Crippen LogP contribution >= 0.6 is 0 Å². The Balaban J connectivity index is 1.91. The molecule has 1 N–H and O–H groups in total. The van der Waals surface area contributed by atoms with E-state index in [0.29, 0.717) is 5.41 Å². The van der Waals surface area contributed by atoms with Gasteiger partial charge in [0, 0.05) is 25.8 Å². The van der Waals surface area contributed by atoms with Crippen molar-refractivity contribution in [3.63, 3.8) is 0 Å². The predicted octanol–water partition coefficient (Wildman–Crippen LogP) is 2.13. The third-order valence-corrected chi connectivity index (χ3v) is 3.64. The van der Waals surface area contributed by atoms with Crippen LogP contribution < -0.4 is 5.32 Å². The molecule has 90 valence electrons. The summed E-state index contributed by atoms with van der Waals surface area (Å²) in [4.78, 5) is 0. The lowest BCUT2D eigenvalue weighted by Crippen LogP contribution is -2.34. The average molecular weight is 221 g/mol. The van der Waals surface area contributed by atoms with E-state index in [9.17, 15) is 0 Å². The van der Waals surface area contributed by atoms with Crippen molar-refractivity contribution in [2.75, 3.05) is 6.54 Å². The molecule has 1 atom stereocenters. The molecule has 0 radical (unpaired) electrons. The monoisotopic (exact) mass is 221 g/mol. The quantitative estimate of drug-likeness (QED) is 0.797. The summed E-state index contributed by atoms with van der Waals surface area (Å²) in [5, 5.41) is 7.89. The minimum Gasteiger partial charge on any atom is -0.313 e. The fourth-order valence-electron chi connectivity index (χ4n) is 2.05. The highest BCUT2D eigenvalue weighted by molar-refractivity contribution is 5.07. The third kappa shape index (κ3) is 3.08. The number of aryl methyl sites for hydroxylation is 1. The molecule has 16 heavy (non-hydrogen) atoms. The fourth-order valence-corrected chi connectivity index (χ4v) is 2.05. The topological polar surface area (TPSA) is 29.9 Å². The first-order valence-electron chi connectivity index (χ1n) is 6.32. The van der Waals surface area contributed by atoms with Crippen LogP contribution in [0.1, 0.15) is 38.7 Å². The van der Waals surface area contributed by atoms with Gasteiger partial charge in [-0.1, -0.05) is 13.8 Å². The molecule has 0 saturated heterocycles. The first kappa shape index (κ1) is 11.6. The van der Waals surface area contributed by atoms with E-state index >= 15 is 0 Å². The van der Waals surface area contributed by atoms with Crippen molar-refractivity contribution in [2.45, 2.75) is 45.6 Å². The summed E-state index contributed by atoms with van der Waals surface area (Å²) in [7, 11) is 1.98. The normalized spacial score (nSPS) is 19.7. The van der Waals surface area contributed by atoms with Gasteiger partial charge in [0.15, 0.2) is 0 Å². The van der Waals surface area contributed by atoms with Crippen molar-refractivity contribution >= 4 is 0 Å². The second-order valence-corrected chi connectivity index (χ2v) is 5.52. The van der Waals surface area contributed by atoms with E-state index in [0.717, 1.165) is 19.0 Å². The lowest BCUT2D eigenvalue weighted by atomic mass is 9.82. The van der Waals surface area contributed by atoms with Crippen LogP contribution in [0.15, 0.2) is 12.4 Å². The van der Waals surface area contributed by atoms with Crippen molar-refractivity contribution < 1.29 is 0 Å². The van der Waals surface area contributed by atoms with Crippen LogP contribution in [0.5, 0.6) is 0 Å². The van der Waals surface area contributed by atoms with Crippen molar-refractivity contribution in [1.82, 2.24) is 15.1 Å². The molecule has 0 aliphatic heterocycles. The maximum Gasteiger partial charge on any atom is 0.0521 e. The van der Waals surface area contributed by atoms with Gasteiger partial charge < -0.3 is 5.32 Å². The Hall–Kier alpha value is -0.830. The summed E-state index contributed by atoms with van der Waals surface area (Å²) < 4.78 is 1.89. The molecule has 3 nitrogen and oxygen atoms in total. The van der Waals surface area contributed by atoms with Gasteiger partial charge in [-0.05, 0) is 36.7 Å². The highest BCUT2D eigenvalue weighted by Gasteiger charge is 2.27. The molecular formula is C13H23N3. The Labute approximate surface area is 98.2 Å². The smallest absolute Gasteiger partial charge is 0.0521 e. The number of hydrogen-bond donors (Lipinski definition) is 1. The molecule has 0 spiro atoms. The van der Waals surface area contributed by atoms with Crippen LogP contribution in [-0.4, -0.2) is 22.4 Å². The second-order valence-electron chi connectivity index (χ2n) is 5.52. The van der Waals surface area contributed by atoms with Crippen molar-refractivity contribution in [2.24, 2.45) is 12.5 Å². The van der Waals surface area contributed by atoms with Crippen LogP contribution in [0.4, 0.5) is 0 Å². The van der Waals surface area contributed by atoms with Gasteiger partial charge in [-0.15, -0.1) is 0 Å². The predicted molar refractivity (Wildman–Crippen MR) is 66.3 cm³/mol. The van der Waals surface area contributed by atoms with Gasteiger partial charge in [-0.2, -0.15) is 5.10 Å². The van der Waals surface area contributed by atoms with E-state index < -0.39 is 0 Å². The zero-order chi connectivity index (χ0) is 11.6. The lowest BCUT2D eigenvalue weighted by Gasteiger charge is -2.28. The standard InChI is InChI=1S/C13H23N3/c1-4-13(2,10-14-12-5-6-12)7-11-8-15-16(3)9-11/h8-9,12,14H,4-7,10H2,1-3H3. The third-order valence-electron chi connectivity index (χ3n) is 3.64. The van der Waals surface area contributed by atoms with Gasteiger partial charge in [0.1, 0.15) is 0 Å². The minimum absolute atomic E-state index is 0.367. The molecule has 3 heteroatoms. The van der Waals surface area contributed by atoms with Gasteiger partial charge >= 0.3 is 0 Å². The first-order valence-corrected chi connectivity index (χ1v) is 6.32. The Morgan fingerprint density at radius 3 is 2.81 bits per heavy atom. The lowest BCUT2D eigenvalue weighted by molar-refractivity contribution is 0.289. The molecule has 0 aromatic carbocycles. The number of hydrogen-bond acceptors (Lipinski definition) is 2. The molecule has 1 heterocycles. The number of aromatic nitrogens is 2. The molecule has 1 unspecified atom stereocenters. The zero-order valence-electron chi connectivity index (χ0n) is 10.7. The molecule has 1 saturated carbocycles. The maximum atomic E-state index is 4.24. The molecule has 1 aromatic heterocycles. The first-order chi connectivity index (χ1) is 7.61. The van der Waals surface area contributed by atoms with Gasteiger partial charge in [-0.3, -0.25) is 4.68 Å². The zero-order valence-corrected chi connectivity index (χ0v) is 10.7. The number of nitrogens with one attached hydrogen (secondary N) is 1. The average Bonchev–Trinajstić information content (AvgIpc) is 3.01. The van der Waals surface area contributed by atoms with Crippen molar-refractivity contribution in [3.05, 3.63) is 18.0 Å². The van der Waals surface area contributed by atoms with E-state index in [-0.39, 0.29) is 0 Å². The summed E-state index contributed by atoms with van der Waals surface area (Å²) in [6.45, 7) is 5.78. The summed E-state index contributed by atoms with van der Waals surface area (Å²) in [5.41, 5.74) is 1.72. The van der Waals surface area contributed by atoms with E-state index in [1.54, 1.807) is 0 Å².